The van der Waals surface area contributed by atoms with Crippen LogP contribution in [-0.2, 0) is 4.79 Å². The smallest absolute Gasteiger partial charge is 0.269 e. The van der Waals surface area contributed by atoms with Crippen LogP contribution in [0.25, 0.3) is 0 Å². The minimum atomic E-state index is -0.446. The number of benzene rings is 1. The Morgan fingerprint density at radius 2 is 2.20 bits per heavy atom. The Morgan fingerprint density at radius 1 is 1.45 bits per heavy atom. The van der Waals surface area contributed by atoms with E-state index in [0.29, 0.717) is 17.7 Å². The second-order valence-electron chi connectivity index (χ2n) is 5.37. The summed E-state index contributed by atoms with van der Waals surface area (Å²) in [6, 6.07) is 4.53. The SMILES string of the molecule is Cc1cc([N+](=O)[O-])ccc1NC(=O)C1CCCC(N)C1. The molecule has 2 unspecified atom stereocenters. The number of nitro groups is 1. The van der Waals surface area contributed by atoms with E-state index in [0.717, 1.165) is 19.3 Å². The molecule has 108 valence electrons. The lowest BCUT2D eigenvalue weighted by molar-refractivity contribution is -0.384. The van der Waals surface area contributed by atoms with Crippen LogP contribution < -0.4 is 11.1 Å². The van der Waals surface area contributed by atoms with E-state index in [1.807, 2.05) is 0 Å². The zero-order valence-electron chi connectivity index (χ0n) is 11.5. The Bertz CT molecular complexity index is 530. The van der Waals surface area contributed by atoms with E-state index in [4.69, 9.17) is 5.73 Å². The zero-order chi connectivity index (χ0) is 14.7. The number of non-ortho nitro benzene ring substituents is 1. The maximum Gasteiger partial charge on any atom is 0.269 e. The summed E-state index contributed by atoms with van der Waals surface area (Å²) in [7, 11) is 0. The van der Waals surface area contributed by atoms with Crippen molar-refractivity contribution < 1.29 is 9.72 Å². The molecule has 0 bridgehead atoms. The highest BCUT2D eigenvalue weighted by molar-refractivity contribution is 5.93. The molecule has 0 aromatic heterocycles. The molecule has 0 spiro atoms. The number of hydrogen-bond acceptors (Lipinski definition) is 4. The molecule has 1 aromatic rings. The first-order valence-corrected chi connectivity index (χ1v) is 6.79. The summed E-state index contributed by atoms with van der Waals surface area (Å²) in [5.74, 6) is -0.106. The van der Waals surface area contributed by atoms with Gasteiger partial charge in [-0.3, -0.25) is 14.9 Å². The first-order valence-electron chi connectivity index (χ1n) is 6.79. The van der Waals surface area contributed by atoms with E-state index >= 15 is 0 Å². The minimum Gasteiger partial charge on any atom is -0.328 e. The van der Waals surface area contributed by atoms with Gasteiger partial charge in [-0.25, -0.2) is 0 Å². The van der Waals surface area contributed by atoms with Crippen molar-refractivity contribution in [1.29, 1.82) is 0 Å². The predicted molar refractivity (Wildman–Crippen MR) is 76.4 cm³/mol. The van der Waals surface area contributed by atoms with Crippen molar-refractivity contribution in [2.45, 2.75) is 38.6 Å². The van der Waals surface area contributed by atoms with Crippen molar-refractivity contribution in [2.24, 2.45) is 11.7 Å². The van der Waals surface area contributed by atoms with Gasteiger partial charge in [-0.05, 0) is 37.8 Å². The number of carbonyl (C=O) groups is 1. The van der Waals surface area contributed by atoms with Crippen LogP contribution in [0.3, 0.4) is 0 Å². The summed E-state index contributed by atoms with van der Waals surface area (Å²) in [4.78, 5) is 22.4. The number of aryl methyl sites for hydroxylation is 1. The van der Waals surface area contributed by atoms with Gasteiger partial charge in [-0.1, -0.05) is 6.42 Å². The van der Waals surface area contributed by atoms with E-state index in [9.17, 15) is 14.9 Å². The first-order chi connectivity index (χ1) is 9.47. The Balaban J connectivity index is 2.06. The zero-order valence-corrected chi connectivity index (χ0v) is 11.5. The maximum absolute atomic E-state index is 12.2. The molecule has 1 amide bonds. The van der Waals surface area contributed by atoms with Gasteiger partial charge in [-0.15, -0.1) is 0 Å². The summed E-state index contributed by atoms with van der Waals surface area (Å²) >= 11 is 0. The summed E-state index contributed by atoms with van der Waals surface area (Å²) < 4.78 is 0. The van der Waals surface area contributed by atoms with Gasteiger partial charge in [0.05, 0.1) is 4.92 Å². The quantitative estimate of drug-likeness (QED) is 0.654. The van der Waals surface area contributed by atoms with E-state index < -0.39 is 4.92 Å². The van der Waals surface area contributed by atoms with E-state index in [1.54, 1.807) is 13.0 Å². The van der Waals surface area contributed by atoms with E-state index in [-0.39, 0.29) is 23.6 Å². The molecular weight excluding hydrogens is 258 g/mol. The van der Waals surface area contributed by atoms with Crippen molar-refractivity contribution >= 4 is 17.3 Å². The number of rotatable bonds is 3. The molecule has 0 aliphatic heterocycles. The largest absolute Gasteiger partial charge is 0.328 e. The van der Waals surface area contributed by atoms with Gasteiger partial charge >= 0.3 is 0 Å². The average Bonchev–Trinajstić information content (AvgIpc) is 2.40. The third kappa shape index (κ3) is 3.33. The Labute approximate surface area is 117 Å². The monoisotopic (exact) mass is 277 g/mol. The standard InChI is InChI=1S/C14H19N3O3/c1-9-7-12(17(19)20)5-6-13(9)16-14(18)10-3-2-4-11(15)8-10/h5-7,10-11H,2-4,8,15H2,1H3,(H,16,18). The first kappa shape index (κ1) is 14.5. The topological polar surface area (TPSA) is 98.3 Å². The van der Waals surface area contributed by atoms with Crippen LogP contribution >= 0.6 is 0 Å². The number of carbonyl (C=O) groups excluding carboxylic acids is 1. The van der Waals surface area contributed by atoms with E-state index in [1.165, 1.54) is 12.1 Å². The third-order valence-corrected chi connectivity index (χ3v) is 3.76. The fraction of sp³-hybridized carbons (Fsp3) is 0.500. The Morgan fingerprint density at radius 3 is 2.80 bits per heavy atom. The molecule has 1 aliphatic rings. The Hall–Kier alpha value is -1.95. The molecule has 3 N–H and O–H groups in total. The highest BCUT2D eigenvalue weighted by Gasteiger charge is 2.25. The summed E-state index contributed by atoms with van der Waals surface area (Å²) in [5, 5.41) is 13.5. The average molecular weight is 277 g/mol. The molecule has 6 nitrogen and oxygen atoms in total. The van der Waals surface area contributed by atoms with Crippen LogP contribution in [0, 0.1) is 23.0 Å². The van der Waals surface area contributed by atoms with Gasteiger partial charge in [0, 0.05) is 29.8 Å². The molecule has 1 aromatic carbocycles. The molecule has 2 rings (SSSR count). The van der Waals surface area contributed by atoms with Gasteiger partial charge in [-0.2, -0.15) is 0 Å². The molecule has 6 heteroatoms. The minimum absolute atomic E-state index is 0.0280. The van der Waals surface area contributed by atoms with Gasteiger partial charge in [0.2, 0.25) is 5.91 Å². The predicted octanol–water partition coefficient (Wildman–Crippen LogP) is 2.36. The lowest BCUT2D eigenvalue weighted by atomic mass is 9.85. The second kappa shape index (κ2) is 6.00. The molecular formula is C14H19N3O3. The van der Waals surface area contributed by atoms with Crippen LogP contribution in [0.4, 0.5) is 11.4 Å². The summed E-state index contributed by atoms with van der Waals surface area (Å²) in [6.45, 7) is 1.75. The van der Waals surface area contributed by atoms with Crippen molar-refractivity contribution in [3.05, 3.63) is 33.9 Å². The highest BCUT2D eigenvalue weighted by Crippen LogP contribution is 2.26. The Kier molecular flexibility index (Phi) is 4.34. The molecule has 1 saturated carbocycles. The number of nitrogens with zero attached hydrogens (tertiary/aromatic N) is 1. The number of nitrogens with two attached hydrogens (primary N) is 1. The van der Waals surface area contributed by atoms with Crippen molar-refractivity contribution in [3.8, 4) is 0 Å². The van der Waals surface area contributed by atoms with Gasteiger partial charge in [0.15, 0.2) is 0 Å². The number of nitro benzene ring substituents is 1. The molecule has 20 heavy (non-hydrogen) atoms. The lowest BCUT2D eigenvalue weighted by Gasteiger charge is -2.25. The van der Waals surface area contributed by atoms with Crippen molar-refractivity contribution in [3.63, 3.8) is 0 Å². The van der Waals surface area contributed by atoms with Gasteiger partial charge in [0.25, 0.3) is 5.69 Å². The lowest BCUT2D eigenvalue weighted by Crippen LogP contribution is -2.34. The van der Waals surface area contributed by atoms with Crippen LogP contribution in [0.2, 0.25) is 0 Å². The summed E-state index contributed by atoms with van der Waals surface area (Å²) in [5.41, 5.74) is 7.22. The van der Waals surface area contributed by atoms with Gasteiger partial charge in [0.1, 0.15) is 0 Å². The van der Waals surface area contributed by atoms with Crippen LogP contribution in [-0.4, -0.2) is 16.9 Å². The normalized spacial score (nSPS) is 22.3. The van der Waals surface area contributed by atoms with Crippen molar-refractivity contribution in [1.82, 2.24) is 0 Å². The van der Waals surface area contributed by atoms with Crippen LogP contribution in [0.15, 0.2) is 18.2 Å². The van der Waals surface area contributed by atoms with Crippen molar-refractivity contribution in [2.75, 3.05) is 5.32 Å². The fourth-order valence-electron chi connectivity index (χ4n) is 2.60. The molecule has 0 radical (unpaired) electrons. The molecule has 2 atom stereocenters. The number of hydrogen-bond donors (Lipinski definition) is 2. The van der Waals surface area contributed by atoms with Crippen LogP contribution in [0.1, 0.15) is 31.2 Å². The third-order valence-electron chi connectivity index (χ3n) is 3.76. The molecule has 1 fully saturated rings. The highest BCUT2D eigenvalue weighted by atomic mass is 16.6. The van der Waals surface area contributed by atoms with E-state index in [2.05, 4.69) is 5.32 Å². The molecule has 1 aliphatic carbocycles. The van der Waals surface area contributed by atoms with Gasteiger partial charge < -0.3 is 11.1 Å². The number of nitrogens with one attached hydrogen (secondary N) is 1. The fourth-order valence-corrected chi connectivity index (χ4v) is 2.60. The molecule has 0 heterocycles. The van der Waals surface area contributed by atoms with Crippen LogP contribution in [0.5, 0.6) is 0 Å². The maximum atomic E-state index is 12.2. The molecule has 0 saturated heterocycles. The number of anilines is 1. The summed E-state index contributed by atoms with van der Waals surface area (Å²) in [6.07, 6.45) is 3.50. The number of amides is 1. The second-order valence-corrected chi connectivity index (χ2v) is 5.37.